The smallest absolute Gasteiger partial charge is 0.134 e. The Morgan fingerprint density at radius 2 is 2.12 bits per heavy atom. The van der Waals surface area contributed by atoms with Crippen molar-refractivity contribution in [1.29, 1.82) is 5.26 Å². The highest BCUT2D eigenvalue weighted by atomic mass is 15.2. The molecule has 16 heavy (non-hydrogen) atoms. The molecule has 0 bridgehead atoms. The summed E-state index contributed by atoms with van der Waals surface area (Å²) in [5.41, 5.74) is 0. The fourth-order valence-corrected chi connectivity index (χ4v) is 1.87. The molecule has 0 aliphatic carbocycles. The first-order valence-electron chi connectivity index (χ1n) is 5.58. The lowest BCUT2D eigenvalue weighted by Gasteiger charge is -2.27. The van der Waals surface area contributed by atoms with Gasteiger partial charge in [0.1, 0.15) is 24.5 Å². The largest absolute Gasteiger partial charge is 0.357 e. The van der Waals surface area contributed by atoms with Gasteiger partial charge in [0.2, 0.25) is 0 Å². The molecule has 0 unspecified atom stereocenters. The van der Waals surface area contributed by atoms with Gasteiger partial charge in [-0.05, 0) is 19.3 Å². The summed E-state index contributed by atoms with van der Waals surface area (Å²) in [6.45, 7) is 2.40. The van der Waals surface area contributed by atoms with Crippen molar-refractivity contribution in [2.24, 2.45) is 0 Å². The molecule has 84 valence electrons. The van der Waals surface area contributed by atoms with Crippen LogP contribution < -0.4 is 10.2 Å². The molecule has 5 heteroatoms. The number of nitrogens with zero attached hydrogens (tertiary/aromatic N) is 4. The molecule has 1 fully saturated rings. The predicted octanol–water partition coefficient (Wildman–Crippen LogP) is 1.40. The van der Waals surface area contributed by atoms with Crippen molar-refractivity contribution in [1.82, 2.24) is 9.97 Å². The first-order valence-corrected chi connectivity index (χ1v) is 5.58. The summed E-state index contributed by atoms with van der Waals surface area (Å²) in [5.74, 6) is 1.67. The van der Waals surface area contributed by atoms with Crippen molar-refractivity contribution in [3.05, 3.63) is 12.4 Å². The maximum atomic E-state index is 8.48. The molecular weight excluding hydrogens is 202 g/mol. The van der Waals surface area contributed by atoms with Gasteiger partial charge in [-0.15, -0.1) is 0 Å². The van der Waals surface area contributed by atoms with E-state index in [9.17, 15) is 0 Å². The molecule has 1 aromatic rings. The average Bonchev–Trinajstić information content (AvgIpc) is 2.38. The summed E-state index contributed by atoms with van der Waals surface area (Å²) < 4.78 is 0. The molecule has 2 rings (SSSR count). The number of nitriles is 1. The van der Waals surface area contributed by atoms with Gasteiger partial charge < -0.3 is 10.2 Å². The van der Waals surface area contributed by atoms with E-state index in [2.05, 4.69) is 20.2 Å². The van der Waals surface area contributed by atoms with Gasteiger partial charge in [-0.2, -0.15) is 5.26 Å². The first-order chi connectivity index (χ1) is 7.90. The Kier molecular flexibility index (Phi) is 3.54. The van der Waals surface area contributed by atoms with Crippen LogP contribution in [0.4, 0.5) is 11.6 Å². The van der Waals surface area contributed by atoms with Crippen molar-refractivity contribution in [2.75, 3.05) is 29.9 Å². The lowest BCUT2D eigenvalue weighted by Crippen LogP contribution is -2.30. The zero-order valence-corrected chi connectivity index (χ0v) is 9.19. The Morgan fingerprint density at radius 1 is 1.31 bits per heavy atom. The molecule has 0 amide bonds. The topological polar surface area (TPSA) is 64.8 Å². The van der Waals surface area contributed by atoms with Gasteiger partial charge in [-0.3, -0.25) is 0 Å². The molecule has 1 N–H and O–H groups in total. The highest BCUT2D eigenvalue weighted by Crippen LogP contribution is 2.18. The molecule has 5 nitrogen and oxygen atoms in total. The molecule has 0 saturated carbocycles. The second-order valence-corrected chi connectivity index (χ2v) is 3.82. The molecule has 0 spiro atoms. The van der Waals surface area contributed by atoms with E-state index in [0.29, 0.717) is 0 Å². The Hall–Kier alpha value is -1.83. The summed E-state index contributed by atoms with van der Waals surface area (Å²) in [4.78, 5) is 10.6. The molecule has 1 aromatic heterocycles. The minimum atomic E-state index is 0.274. The summed E-state index contributed by atoms with van der Waals surface area (Å²) in [7, 11) is 0. The molecule has 0 atom stereocenters. The van der Waals surface area contributed by atoms with Gasteiger partial charge in [-0.1, -0.05) is 0 Å². The first kappa shape index (κ1) is 10.7. The number of hydrogen-bond donors (Lipinski definition) is 1. The van der Waals surface area contributed by atoms with Crippen LogP contribution in [0.1, 0.15) is 19.3 Å². The van der Waals surface area contributed by atoms with Crippen molar-refractivity contribution < 1.29 is 0 Å². The van der Waals surface area contributed by atoms with Crippen molar-refractivity contribution in [2.45, 2.75) is 19.3 Å². The van der Waals surface area contributed by atoms with E-state index < -0.39 is 0 Å². The van der Waals surface area contributed by atoms with Gasteiger partial charge in [-0.25, -0.2) is 9.97 Å². The third kappa shape index (κ3) is 2.60. The summed E-state index contributed by atoms with van der Waals surface area (Å²) in [6.07, 6.45) is 5.31. The fourth-order valence-electron chi connectivity index (χ4n) is 1.87. The standard InChI is InChI=1S/C11H15N5/c12-4-5-13-10-8-11(15-9-14-10)16-6-2-1-3-7-16/h8-9H,1-3,5-7H2,(H,13,14,15). The molecule has 1 saturated heterocycles. The minimum absolute atomic E-state index is 0.274. The van der Waals surface area contributed by atoms with Crippen LogP contribution in [0.3, 0.4) is 0 Å². The van der Waals surface area contributed by atoms with Crippen LogP contribution in [-0.2, 0) is 0 Å². The van der Waals surface area contributed by atoms with Gasteiger partial charge >= 0.3 is 0 Å². The van der Waals surface area contributed by atoms with Gasteiger partial charge in [0.25, 0.3) is 0 Å². The van der Waals surface area contributed by atoms with Crippen LogP contribution in [0.5, 0.6) is 0 Å². The van der Waals surface area contributed by atoms with Crippen LogP contribution in [0.2, 0.25) is 0 Å². The molecule has 2 heterocycles. The molecule has 0 aromatic carbocycles. The Balaban J connectivity index is 2.06. The lowest BCUT2D eigenvalue weighted by molar-refractivity contribution is 0.573. The van der Waals surface area contributed by atoms with E-state index in [4.69, 9.17) is 5.26 Å². The van der Waals surface area contributed by atoms with E-state index in [1.807, 2.05) is 12.1 Å². The summed E-state index contributed by atoms with van der Waals surface area (Å²) in [5, 5.41) is 11.4. The van der Waals surface area contributed by atoms with E-state index >= 15 is 0 Å². The van der Waals surface area contributed by atoms with Crippen LogP contribution in [0, 0.1) is 11.3 Å². The van der Waals surface area contributed by atoms with E-state index in [-0.39, 0.29) is 6.54 Å². The molecule has 0 radical (unpaired) electrons. The number of nitrogens with one attached hydrogen (secondary N) is 1. The van der Waals surface area contributed by atoms with E-state index in [1.165, 1.54) is 19.3 Å². The highest BCUT2D eigenvalue weighted by Gasteiger charge is 2.12. The third-order valence-electron chi connectivity index (χ3n) is 2.68. The summed E-state index contributed by atoms with van der Waals surface area (Å²) in [6, 6.07) is 3.94. The molecule has 1 aliphatic rings. The van der Waals surface area contributed by atoms with Crippen LogP contribution in [0.25, 0.3) is 0 Å². The highest BCUT2D eigenvalue weighted by molar-refractivity contribution is 5.48. The second kappa shape index (κ2) is 5.31. The maximum Gasteiger partial charge on any atom is 0.134 e. The lowest BCUT2D eigenvalue weighted by atomic mass is 10.1. The Morgan fingerprint density at radius 3 is 2.88 bits per heavy atom. The quantitative estimate of drug-likeness (QED) is 0.775. The minimum Gasteiger partial charge on any atom is -0.357 e. The maximum absolute atomic E-state index is 8.48. The Bertz CT molecular complexity index is 378. The van der Waals surface area contributed by atoms with Gasteiger partial charge in [0.15, 0.2) is 0 Å². The zero-order chi connectivity index (χ0) is 11.2. The number of hydrogen-bond acceptors (Lipinski definition) is 5. The third-order valence-corrected chi connectivity index (χ3v) is 2.68. The number of rotatable bonds is 3. The predicted molar refractivity (Wildman–Crippen MR) is 62.2 cm³/mol. The average molecular weight is 217 g/mol. The van der Waals surface area contributed by atoms with Gasteiger partial charge in [0, 0.05) is 19.2 Å². The molecule has 1 aliphatic heterocycles. The van der Waals surface area contributed by atoms with Crippen LogP contribution >= 0.6 is 0 Å². The monoisotopic (exact) mass is 217 g/mol. The van der Waals surface area contributed by atoms with Crippen LogP contribution in [-0.4, -0.2) is 29.6 Å². The zero-order valence-electron chi connectivity index (χ0n) is 9.19. The van der Waals surface area contributed by atoms with Crippen LogP contribution in [0.15, 0.2) is 12.4 Å². The SMILES string of the molecule is N#CCNc1cc(N2CCCCC2)ncn1. The van der Waals surface area contributed by atoms with Crippen molar-refractivity contribution in [3.8, 4) is 6.07 Å². The second-order valence-electron chi connectivity index (χ2n) is 3.82. The van der Waals surface area contributed by atoms with E-state index in [1.54, 1.807) is 6.33 Å². The Labute approximate surface area is 95.1 Å². The number of anilines is 2. The molecular formula is C11H15N5. The normalized spacial score (nSPS) is 15.6. The number of piperidine rings is 1. The van der Waals surface area contributed by atoms with Crippen molar-refractivity contribution in [3.63, 3.8) is 0 Å². The fraction of sp³-hybridized carbons (Fsp3) is 0.545. The van der Waals surface area contributed by atoms with E-state index in [0.717, 1.165) is 24.7 Å². The number of aromatic nitrogens is 2. The summed E-state index contributed by atoms with van der Waals surface area (Å²) >= 11 is 0. The van der Waals surface area contributed by atoms with Crippen molar-refractivity contribution >= 4 is 11.6 Å². The van der Waals surface area contributed by atoms with Gasteiger partial charge in [0.05, 0.1) is 6.07 Å².